The summed E-state index contributed by atoms with van der Waals surface area (Å²) in [7, 11) is 0. The van der Waals surface area contributed by atoms with Gasteiger partial charge in [-0.2, -0.15) is 0 Å². The van der Waals surface area contributed by atoms with E-state index in [1.165, 1.54) is 17.8 Å². The molecule has 23 heavy (non-hydrogen) atoms. The van der Waals surface area contributed by atoms with Crippen molar-refractivity contribution in [1.29, 1.82) is 0 Å². The first-order chi connectivity index (χ1) is 10.8. The fourth-order valence-electron chi connectivity index (χ4n) is 2.83. The van der Waals surface area contributed by atoms with E-state index in [4.69, 9.17) is 0 Å². The van der Waals surface area contributed by atoms with Gasteiger partial charge in [-0.15, -0.1) is 0 Å². The molecule has 2 atom stereocenters. The smallest absolute Gasteiger partial charge is 0.245 e. The summed E-state index contributed by atoms with van der Waals surface area (Å²) >= 11 is 1.22. The lowest BCUT2D eigenvalue weighted by atomic mass is 9.82. The van der Waals surface area contributed by atoms with E-state index >= 15 is 0 Å². The van der Waals surface area contributed by atoms with Crippen LogP contribution in [0.3, 0.4) is 0 Å². The van der Waals surface area contributed by atoms with E-state index in [2.05, 4.69) is 10.3 Å². The van der Waals surface area contributed by atoms with Crippen LogP contribution in [0.15, 0.2) is 29.3 Å². The zero-order valence-corrected chi connectivity index (χ0v) is 14.7. The van der Waals surface area contributed by atoms with Crippen LogP contribution in [0.2, 0.25) is 0 Å². The predicted molar refractivity (Wildman–Crippen MR) is 91.9 cm³/mol. The molecule has 0 spiro atoms. The summed E-state index contributed by atoms with van der Waals surface area (Å²) in [4.78, 5) is 16.8. The molecule has 0 aromatic heterocycles. The molecule has 1 unspecified atom stereocenters. The molecule has 6 heteroatoms. The van der Waals surface area contributed by atoms with Gasteiger partial charge in [-0.3, -0.25) is 9.79 Å². The second-order valence-electron chi connectivity index (χ2n) is 5.96. The van der Waals surface area contributed by atoms with Crippen LogP contribution in [0.1, 0.15) is 52.1 Å². The number of hydrogen-bond donors (Lipinski definition) is 2. The normalized spacial score (nSPS) is 24.8. The Labute approximate surface area is 140 Å². The maximum absolute atomic E-state index is 13.8. The number of amides is 1. The number of thioether (sulfide) groups is 1. The van der Waals surface area contributed by atoms with Gasteiger partial charge in [-0.05, 0) is 32.8 Å². The molecule has 126 valence electrons. The zero-order valence-electron chi connectivity index (χ0n) is 13.9. The number of carbonyl (C=O) groups is 1. The van der Waals surface area contributed by atoms with Gasteiger partial charge in [0.2, 0.25) is 5.91 Å². The number of benzene rings is 1. The molecule has 2 N–H and O–H groups in total. The van der Waals surface area contributed by atoms with Crippen molar-refractivity contribution in [3.8, 4) is 0 Å². The van der Waals surface area contributed by atoms with Crippen molar-refractivity contribution in [2.24, 2.45) is 4.99 Å². The quantitative estimate of drug-likeness (QED) is 0.865. The van der Waals surface area contributed by atoms with Gasteiger partial charge in [-0.25, -0.2) is 4.39 Å². The lowest BCUT2D eigenvalue weighted by Crippen LogP contribution is -2.54. The summed E-state index contributed by atoms with van der Waals surface area (Å²) in [5, 5.41) is 13.9. The summed E-state index contributed by atoms with van der Waals surface area (Å²) in [6, 6.07) is 6.04. The minimum absolute atomic E-state index is 0.256. The molecule has 1 aliphatic rings. The van der Waals surface area contributed by atoms with Crippen LogP contribution in [0.25, 0.3) is 0 Å². The maximum Gasteiger partial charge on any atom is 0.245 e. The van der Waals surface area contributed by atoms with E-state index in [1.54, 1.807) is 32.0 Å². The van der Waals surface area contributed by atoms with Crippen molar-refractivity contribution in [3.63, 3.8) is 0 Å². The summed E-state index contributed by atoms with van der Waals surface area (Å²) in [6.07, 6.45) is 0.938. The van der Waals surface area contributed by atoms with Crippen LogP contribution in [0.5, 0.6) is 0 Å². The first-order valence-electron chi connectivity index (χ1n) is 7.82. The third kappa shape index (κ3) is 3.15. The number of amidine groups is 1. The summed E-state index contributed by atoms with van der Waals surface area (Å²) in [6.45, 7) is 7.23. The Morgan fingerprint density at radius 3 is 2.57 bits per heavy atom. The molecule has 0 bridgehead atoms. The molecule has 1 saturated heterocycles. The van der Waals surface area contributed by atoms with Gasteiger partial charge in [0.1, 0.15) is 10.6 Å². The molecule has 0 saturated carbocycles. The van der Waals surface area contributed by atoms with Gasteiger partial charge in [0.25, 0.3) is 0 Å². The Balaban J connectivity index is 2.27. The lowest BCUT2D eigenvalue weighted by molar-refractivity contribution is -0.128. The molecule has 0 aliphatic carbocycles. The van der Waals surface area contributed by atoms with Crippen molar-refractivity contribution >= 4 is 22.8 Å². The lowest BCUT2D eigenvalue weighted by Gasteiger charge is -2.37. The molecular weight excluding hydrogens is 315 g/mol. The van der Waals surface area contributed by atoms with E-state index in [0.717, 1.165) is 0 Å². The van der Waals surface area contributed by atoms with Crippen molar-refractivity contribution in [2.45, 2.75) is 56.9 Å². The van der Waals surface area contributed by atoms with Gasteiger partial charge < -0.3 is 10.4 Å². The summed E-state index contributed by atoms with van der Waals surface area (Å²) in [5.74, 6) is -0.576. The number of carbonyl (C=O) groups excluding carboxylic acids is 1. The van der Waals surface area contributed by atoms with Crippen molar-refractivity contribution < 1.29 is 14.3 Å². The first kappa shape index (κ1) is 17.9. The minimum atomic E-state index is -1.11. The molecule has 2 rings (SSSR count). The average molecular weight is 338 g/mol. The highest BCUT2D eigenvalue weighted by molar-refractivity contribution is 8.16. The van der Waals surface area contributed by atoms with Gasteiger partial charge in [0, 0.05) is 5.56 Å². The number of hydrogen-bond acceptors (Lipinski definition) is 4. The first-order valence-corrected chi connectivity index (χ1v) is 8.64. The zero-order chi connectivity index (χ0) is 17.3. The molecule has 1 aromatic rings. The Morgan fingerprint density at radius 2 is 2.00 bits per heavy atom. The number of aliphatic imine (C=N–C) groups is 1. The highest BCUT2D eigenvalue weighted by atomic mass is 32.2. The standard InChI is InChI=1S/C17H23FN2O2S/c1-5-17(22,6-2)16(4)14(21)20-15(23-16)19-11(3)12-9-7-8-10-13(12)18/h7-11,22H,5-6H2,1-4H3,(H,19,20,21)/t11-,16?/m0/s1. The molecule has 1 aromatic carbocycles. The number of rotatable bonds is 5. The number of nitrogens with one attached hydrogen (secondary N) is 1. The highest BCUT2D eigenvalue weighted by Gasteiger charge is 2.55. The van der Waals surface area contributed by atoms with Crippen molar-refractivity contribution in [3.05, 3.63) is 35.6 Å². The molecule has 1 amide bonds. The second kappa shape index (κ2) is 6.61. The third-order valence-electron chi connectivity index (χ3n) is 4.68. The topological polar surface area (TPSA) is 61.7 Å². The second-order valence-corrected chi connectivity index (χ2v) is 7.37. The van der Waals surface area contributed by atoms with Crippen LogP contribution in [-0.4, -0.2) is 26.5 Å². The van der Waals surface area contributed by atoms with Crippen LogP contribution < -0.4 is 5.32 Å². The summed E-state index contributed by atoms with van der Waals surface area (Å²) < 4.78 is 12.8. The van der Waals surface area contributed by atoms with Crippen LogP contribution in [0, 0.1) is 5.82 Å². The van der Waals surface area contributed by atoms with Gasteiger partial charge in [0.05, 0.1) is 11.6 Å². The van der Waals surface area contributed by atoms with Crippen LogP contribution in [-0.2, 0) is 4.79 Å². The van der Waals surface area contributed by atoms with Gasteiger partial charge in [0.15, 0.2) is 5.17 Å². The molecular formula is C17H23FN2O2S. The Kier molecular flexibility index (Phi) is 5.16. The molecule has 1 heterocycles. The largest absolute Gasteiger partial charge is 0.388 e. The SMILES string of the molecule is CCC(O)(CC)C1(C)SC(=N[C@@H](C)c2ccccc2F)NC1=O. The Hall–Kier alpha value is -1.40. The van der Waals surface area contributed by atoms with Gasteiger partial charge in [-0.1, -0.05) is 43.8 Å². The van der Waals surface area contributed by atoms with Crippen molar-refractivity contribution in [2.75, 3.05) is 0 Å². The highest BCUT2D eigenvalue weighted by Crippen LogP contribution is 2.44. The Morgan fingerprint density at radius 1 is 1.39 bits per heavy atom. The monoisotopic (exact) mass is 338 g/mol. The van der Waals surface area contributed by atoms with Crippen LogP contribution >= 0.6 is 11.8 Å². The maximum atomic E-state index is 13.8. The number of halogens is 1. The number of nitrogens with zero attached hydrogens (tertiary/aromatic N) is 1. The molecule has 1 aliphatic heterocycles. The molecule has 0 radical (unpaired) electrons. The molecule has 4 nitrogen and oxygen atoms in total. The van der Waals surface area contributed by atoms with E-state index < -0.39 is 16.4 Å². The predicted octanol–water partition coefficient (Wildman–Crippen LogP) is 3.42. The van der Waals surface area contributed by atoms with Crippen LogP contribution in [0.4, 0.5) is 4.39 Å². The average Bonchev–Trinajstić information content (AvgIpc) is 2.82. The van der Waals surface area contributed by atoms with Gasteiger partial charge >= 0.3 is 0 Å². The molecule has 1 fully saturated rings. The van der Waals surface area contributed by atoms with E-state index in [1.807, 2.05) is 13.8 Å². The fourth-order valence-corrected chi connectivity index (χ4v) is 4.19. The third-order valence-corrected chi connectivity index (χ3v) is 6.05. The fraction of sp³-hybridized carbons (Fsp3) is 0.529. The van der Waals surface area contributed by atoms with Crippen molar-refractivity contribution in [1.82, 2.24) is 5.32 Å². The Bertz CT molecular complexity index is 631. The van der Waals surface area contributed by atoms with E-state index in [-0.39, 0.29) is 11.7 Å². The van der Waals surface area contributed by atoms with E-state index in [0.29, 0.717) is 23.6 Å². The summed E-state index contributed by atoms with van der Waals surface area (Å²) in [5.41, 5.74) is -0.634. The minimum Gasteiger partial charge on any atom is -0.388 e. The van der Waals surface area contributed by atoms with E-state index in [9.17, 15) is 14.3 Å². The number of aliphatic hydroxyl groups is 1.